The highest BCUT2D eigenvalue weighted by Crippen LogP contribution is 2.43. The van der Waals surface area contributed by atoms with Crippen molar-refractivity contribution in [3.8, 4) is 5.75 Å². The summed E-state index contributed by atoms with van der Waals surface area (Å²) in [6, 6.07) is 7.64. The van der Waals surface area contributed by atoms with E-state index in [0.29, 0.717) is 6.42 Å². The van der Waals surface area contributed by atoms with Crippen LogP contribution >= 0.6 is 39.3 Å². The molecule has 0 amide bonds. The Balaban J connectivity index is 2.35. The van der Waals surface area contributed by atoms with E-state index in [2.05, 4.69) is 42.0 Å². The van der Waals surface area contributed by atoms with E-state index >= 15 is 0 Å². The van der Waals surface area contributed by atoms with Gasteiger partial charge in [0.15, 0.2) is 0 Å². The van der Waals surface area contributed by atoms with Crippen LogP contribution in [0.4, 0.5) is 0 Å². The number of hydrogen-bond acceptors (Lipinski definition) is 6. The van der Waals surface area contributed by atoms with Crippen LogP contribution in [0.1, 0.15) is 69.7 Å². The first kappa shape index (κ1) is 32.5. The smallest absolute Gasteiger partial charge is 0.323 e. The number of rotatable bonds is 13. The van der Waals surface area contributed by atoms with Crippen molar-refractivity contribution in [3.63, 3.8) is 0 Å². The van der Waals surface area contributed by atoms with Crippen LogP contribution in [0.15, 0.2) is 39.3 Å². The molecule has 38 heavy (non-hydrogen) atoms. The van der Waals surface area contributed by atoms with Crippen molar-refractivity contribution in [2.75, 3.05) is 13.2 Å². The third kappa shape index (κ3) is 9.19. The molecule has 3 N–H and O–H groups in total. The molecule has 0 bridgehead atoms. The minimum Gasteiger partial charge on any atom is -0.508 e. The van der Waals surface area contributed by atoms with Crippen molar-refractivity contribution in [1.29, 1.82) is 0 Å². The van der Waals surface area contributed by atoms with Crippen LogP contribution in [0.5, 0.6) is 5.75 Å². The first-order valence-electron chi connectivity index (χ1n) is 12.6. The Morgan fingerprint density at radius 1 is 0.895 bits per heavy atom. The van der Waals surface area contributed by atoms with Gasteiger partial charge in [0.05, 0.1) is 19.4 Å². The number of nitrogens with one attached hydrogen (secondary N) is 2. The molecule has 0 spiro atoms. The molecule has 11 heteroatoms. The Morgan fingerprint density at radius 3 is 1.84 bits per heavy atom. The summed E-state index contributed by atoms with van der Waals surface area (Å²) in [4.78, 5) is 24.5. The Kier molecular flexibility index (Phi) is 12.5. The molecule has 0 fully saturated rings. The van der Waals surface area contributed by atoms with E-state index in [9.17, 15) is 19.3 Å². The van der Waals surface area contributed by atoms with Gasteiger partial charge < -0.3 is 14.6 Å². The highest BCUT2D eigenvalue weighted by atomic mass is 79.9. The molecule has 0 aliphatic heterocycles. The molecule has 0 aliphatic rings. The number of carbonyl (C=O) groups excluding carboxylic acids is 2. The molecule has 0 radical (unpaired) electrons. The molecule has 0 heterocycles. The monoisotopic (exact) mass is 674 g/mol. The van der Waals surface area contributed by atoms with E-state index in [1.165, 1.54) is 0 Å². The molecule has 2 rings (SSSR count). The highest BCUT2D eigenvalue weighted by Gasteiger charge is 2.32. The quantitative estimate of drug-likeness (QED) is 0.165. The van der Waals surface area contributed by atoms with Gasteiger partial charge in [-0.05, 0) is 80.5 Å². The second kappa shape index (κ2) is 14.6. The number of benzene rings is 2. The van der Waals surface area contributed by atoms with Crippen LogP contribution in [0, 0.1) is 0 Å². The lowest BCUT2D eigenvalue weighted by Gasteiger charge is -2.27. The number of ether oxygens (including phenoxy) is 2. The minimum atomic E-state index is -3.52. The molecule has 2 atom stereocenters. The van der Waals surface area contributed by atoms with E-state index in [1.807, 2.05) is 38.1 Å². The lowest BCUT2D eigenvalue weighted by molar-refractivity contribution is -0.145. The molecule has 2 aromatic carbocycles. The fraction of sp³-hybridized carbons (Fsp3) is 0.481. The maximum atomic E-state index is 14.1. The van der Waals surface area contributed by atoms with Crippen molar-refractivity contribution in [2.45, 2.75) is 72.1 Å². The molecular weight excluding hydrogens is 639 g/mol. The summed E-state index contributed by atoms with van der Waals surface area (Å²) in [5.41, 5.74) is 3.64. The van der Waals surface area contributed by atoms with E-state index in [0.717, 1.165) is 31.2 Å². The fourth-order valence-corrected chi connectivity index (χ4v) is 7.93. The fourth-order valence-electron chi connectivity index (χ4n) is 3.95. The standard InChI is InChI=1S/C27H37Br2N2O6P/c1-7-36-26(33)17(5)30-38(35,31-18(6)27(34)37-8-2)15-20-13-23(28)22(24(29)14-20)12-19-9-10-25(32)21(11-19)16(3)4/h9-11,13-14,16-18,32H,7-8,12,15H2,1-6H3,(H2,30,31,35)/t17-,18-/m0/s1. The summed E-state index contributed by atoms with van der Waals surface area (Å²) < 4.78 is 25.8. The predicted octanol–water partition coefficient (Wildman–Crippen LogP) is 6.41. The topological polar surface area (TPSA) is 114 Å². The Hall–Kier alpha value is -1.71. The van der Waals surface area contributed by atoms with Crippen molar-refractivity contribution >= 4 is 51.2 Å². The molecule has 0 saturated heterocycles. The third-order valence-electron chi connectivity index (χ3n) is 5.79. The molecule has 0 aliphatic carbocycles. The Morgan fingerprint density at radius 2 is 1.39 bits per heavy atom. The number of phenolic OH excluding ortho intramolecular Hbond substituents is 1. The lowest BCUT2D eigenvalue weighted by atomic mass is 9.96. The molecule has 8 nitrogen and oxygen atoms in total. The van der Waals surface area contributed by atoms with Gasteiger partial charge in [0, 0.05) is 8.95 Å². The largest absolute Gasteiger partial charge is 0.508 e. The van der Waals surface area contributed by atoms with Gasteiger partial charge in [0.25, 0.3) is 0 Å². The zero-order valence-electron chi connectivity index (χ0n) is 22.6. The van der Waals surface area contributed by atoms with Crippen LogP contribution in [0.25, 0.3) is 0 Å². The van der Waals surface area contributed by atoms with Gasteiger partial charge in [-0.2, -0.15) is 0 Å². The molecule has 0 unspecified atom stereocenters. The number of carbonyl (C=O) groups is 2. The van der Waals surface area contributed by atoms with Gasteiger partial charge in [0.1, 0.15) is 17.8 Å². The SMILES string of the molecule is CCOC(=O)[C@H](C)NP(=O)(Cc1cc(Br)c(Cc2ccc(O)c(C(C)C)c2)c(Br)c1)N[C@@H](C)C(=O)OCC. The van der Waals surface area contributed by atoms with Gasteiger partial charge in [-0.25, -0.2) is 10.2 Å². The van der Waals surface area contributed by atoms with E-state index in [-0.39, 0.29) is 31.0 Å². The molecule has 210 valence electrons. The van der Waals surface area contributed by atoms with Crippen molar-refractivity contribution < 1.29 is 28.7 Å². The number of phenols is 1. The lowest BCUT2D eigenvalue weighted by Crippen LogP contribution is -2.42. The first-order valence-corrected chi connectivity index (χ1v) is 16.0. The zero-order valence-corrected chi connectivity index (χ0v) is 26.7. The molecule has 0 aromatic heterocycles. The second-order valence-electron chi connectivity index (χ2n) is 9.37. The minimum absolute atomic E-state index is 0.0225. The van der Waals surface area contributed by atoms with Gasteiger partial charge >= 0.3 is 11.9 Å². The zero-order chi connectivity index (χ0) is 28.6. The van der Waals surface area contributed by atoms with Gasteiger partial charge in [-0.3, -0.25) is 14.2 Å². The predicted molar refractivity (Wildman–Crippen MR) is 157 cm³/mol. The van der Waals surface area contributed by atoms with Gasteiger partial charge in [0.2, 0.25) is 7.44 Å². The first-order chi connectivity index (χ1) is 17.8. The summed E-state index contributed by atoms with van der Waals surface area (Å²) >= 11 is 7.31. The van der Waals surface area contributed by atoms with Crippen LogP contribution in [0.3, 0.4) is 0 Å². The number of esters is 2. The average Bonchev–Trinajstić information content (AvgIpc) is 2.82. The summed E-state index contributed by atoms with van der Waals surface area (Å²) in [6.45, 7) is 11.0. The van der Waals surface area contributed by atoms with Gasteiger partial charge in [-0.15, -0.1) is 0 Å². The van der Waals surface area contributed by atoms with Crippen molar-refractivity contribution in [3.05, 3.63) is 61.5 Å². The maximum absolute atomic E-state index is 14.1. The number of aromatic hydroxyl groups is 1. The van der Waals surface area contributed by atoms with E-state index < -0.39 is 31.5 Å². The Bertz CT molecular complexity index is 1140. The average molecular weight is 676 g/mol. The molecular formula is C27H37Br2N2O6P. The number of halogens is 2. The Labute approximate surface area is 242 Å². The normalized spacial score (nSPS) is 13.3. The maximum Gasteiger partial charge on any atom is 0.323 e. The third-order valence-corrected chi connectivity index (χ3v) is 9.62. The number of hydrogen-bond donors (Lipinski definition) is 3. The highest BCUT2D eigenvalue weighted by molar-refractivity contribution is 9.11. The van der Waals surface area contributed by atoms with Crippen molar-refractivity contribution in [1.82, 2.24) is 10.2 Å². The summed E-state index contributed by atoms with van der Waals surface area (Å²) in [6.07, 6.45) is 0.629. The second-order valence-corrected chi connectivity index (χ2v) is 13.4. The van der Waals surface area contributed by atoms with E-state index in [1.54, 1.807) is 33.8 Å². The van der Waals surface area contributed by atoms with Crippen LogP contribution < -0.4 is 10.2 Å². The van der Waals surface area contributed by atoms with Crippen molar-refractivity contribution in [2.24, 2.45) is 0 Å². The van der Waals surface area contributed by atoms with Crippen LogP contribution in [-0.2, 0) is 36.2 Å². The summed E-state index contributed by atoms with van der Waals surface area (Å²) in [7, 11) is -3.52. The summed E-state index contributed by atoms with van der Waals surface area (Å²) in [5.74, 6) is -0.606. The van der Waals surface area contributed by atoms with Gasteiger partial charge in [-0.1, -0.05) is 57.8 Å². The summed E-state index contributed by atoms with van der Waals surface area (Å²) in [5, 5.41) is 15.9. The molecule has 0 saturated carbocycles. The van der Waals surface area contributed by atoms with Crippen LogP contribution in [-0.4, -0.2) is 42.3 Å². The molecule has 2 aromatic rings. The van der Waals surface area contributed by atoms with E-state index in [4.69, 9.17) is 9.47 Å². The van der Waals surface area contributed by atoms with Crippen LogP contribution in [0.2, 0.25) is 0 Å².